The van der Waals surface area contributed by atoms with Crippen molar-refractivity contribution in [3.63, 3.8) is 0 Å². The fraction of sp³-hybridized carbons (Fsp3) is 0.250. The van der Waals surface area contributed by atoms with Crippen LogP contribution in [0.1, 0.15) is 13.3 Å². The zero-order valence-electron chi connectivity index (χ0n) is 11.0. The molecule has 0 saturated heterocycles. The first-order valence-electron chi connectivity index (χ1n) is 6.35. The summed E-state index contributed by atoms with van der Waals surface area (Å²) in [6, 6.07) is 1.75. The first kappa shape index (κ1) is 12.3. The molecule has 0 unspecified atom stereocenters. The van der Waals surface area contributed by atoms with E-state index >= 15 is 0 Å². The van der Waals surface area contributed by atoms with Gasteiger partial charge in [0.1, 0.15) is 17.7 Å². The predicted molar refractivity (Wildman–Crippen MR) is 75.8 cm³/mol. The first-order chi connectivity index (χ1) is 9.86. The Balaban J connectivity index is 1.94. The van der Waals surface area contributed by atoms with Gasteiger partial charge in [0.25, 0.3) is 0 Å². The van der Waals surface area contributed by atoms with E-state index in [2.05, 4.69) is 47.5 Å². The van der Waals surface area contributed by atoms with E-state index in [0.29, 0.717) is 17.4 Å². The Morgan fingerprint density at radius 2 is 2.20 bits per heavy atom. The number of aromatic nitrogens is 6. The number of aromatic amines is 1. The zero-order chi connectivity index (χ0) is 13.8. The van der Waals surface area contributed by atoms with Crippen LogP contribution in [0.3, 0.4) is 0 Å². The minimum atomic E-state index is 0.446. The smallest absolute Gasteiger partial charge is 0.232 e. The van der Waals surface area contributed by atoms with Gasteiger partial charge in [0.15, 0.2) is 11.5 Å². The number of fused-ring (bicyclic) bond motifs is 1. The summed E-state index contributed by atoms with van der Waals surface area (Å²) in [5.41, 5.74) is 1.40. The van der Waals surface area contributed by atoms with E-state index in [1.807, 2.05) is 0 Å². The molecule has 8 heteroatoms. The standard InChI is InChI=1S/C12H14N8/c1-2-4-14-10-9-11(17-7-16-9)20-12(19-10)18-8-3-5-13-6-15-8/h3,5-7H,2,4H2,1H3,(H3,13,14,15,16,17,18,19,20). The highest BCUT2D eigenvalue weighted by Gasteiger charge is 2.09. The molecule has 3 N–H and O–H groups in total. The summed E-state index contributed by atoms with van der Waals surface area (Å²) in [5, 5.41) is 6.29. The molecule has 0 bridgehead atoms. The van der Waals surface area contributed by atoms with Crippen LogP contribution in [-0.2, 0) is 0 Å². The Hall–Kier alpha value is -2.77. The maximum Gasteiger partial charge on any atom is 0.232 e. The third-order valence-electron chi connectivity index (χ3n) is 2.65. The van der Waals surface area contributed by atoms with E-state index in [-0.39, 0.29) is 0 Å². The summed E-state index contributed by atoms with van der Waals surface area (Å²) in [6.07, 6.45) is 5.73. The van der Waals surface area contributed by atoms with E-state index in [1.165, 1.54) is 6.33 Å². The molecule has 0 aliphatic carbocycles. The average Bonchev–Trinajstić information content (AvgIpc) is 2.94. The monoisotopic (exact) mass is 270 g/mol. The second kappa shape index (κ2) is 5.47. The predicted octanol–water partition coefficient (Wildman–Crippen LogP) is 1.71. The number of rotatable bonds is 5. The van der Waals surface area contributed by atoms with Gasteiger partial charge < -0.3 is 15.6 Å². The van der Waals surface area contributed by atoms with E-state index in [1.54, 1.807) is 18.6 Å². The van der Waals surface area contributed by atoms with Gasteiger partial charge in [-0.15, -0.1) is 0 Å². The molecule has 20 heavy (non-hydrogen) atoms. The Morgan fingerprint density at radius 3 is 3.00 bits per heavy atom. The van der Waals surface area contributed by atoms with Crippen molar-refractivity contribution >= 4 is 28.7 Å². The Bertz CT molecular complexity index is 693. The molecule has 0 saturated carbocycles. The quantitative estimate of drug-likeness (QED) is 0.648. The second-order valence-corrected chi connectivity index (χ2v) is 4.14. The minimum Gasteiger partial charge on any atom is -0.368 e. The van der Waals surface area contributed by atoms with Gasteiger partial charge in [-0.25, -0.2) is 15.0 Å². The number of H-pyrrole nitrogens is 1. The highest BCUT2D eigenvalue weighted by molar-refractivity contribution is 5.83. The fourth-order valence-electron chi connectivity index (χ4n) is 1.74. The molecule has 3 rings (SSSR count). The molecule has 3 heterocycles. The van der Waals surface area contributed by atoms with Crippen LogP contribution < -0.4 is 10.6 Å². The lowest BCUT2D eigenvalue weighted by atomic mass is 10.4. The molecule has 102 valence electrons. The third-order valence-corrected chi connectivity index (χ3v) is 2.65. The molecule has 0 aliphatic rings. The van der Waals surface area contributed by atoms with Crippen LogP contribution in [0.2, 0.25) is 0 Å². The number of anilines is 3. The second-order valence-electron chi connectivity index (χ2n) is 4.14. The van der Waals surface area contributed by atoms with Crippen molar-refractivity contribution in [1.82, 2.24) is 29.9 Å². The topological polar surface area (TPSA) is 104 Å². The number of nitrogens with zero attached hydrogens (tertiary/aromatic N) is 5. The largest absolute Gasteiger partial charge is 0.368 e. The number of hydrogen-bond acceptors (Lipinski definition) is 7. The van der Waals surface area contributed by atoms with Crippen LogP contribution in [0.4, 0.5) is 17.6 Å². The molecular formula is C12H14N8. The summed E-state index contributed by atoms with van der Waals surface area (Å²) in [5.74, 6) is 1.81. The van der Waals surface area contributed by atoms with Crippen molar-refractivity contribution in [2.75, 3.05) is 17.2 Å². The van der Waals surface area contributed by atoms with Crippen LogP contribution in [-0.4, -0.2) is 36.4 Å². The lowest BCUT2D eigenvalue weighted by Crippen LogP contribution is -2.06. The normalized spacial score (nSPS) is 10.7. The molecular weight excluding hydrogens is 256 g/mol. The van der Waals surface area contributed by atoms with Crippen molar-refractivity contribution in [1.29, 1.82) is 0 Å². The van der Waals surface area contributed by atoms with Crippen molar-refractivity contribution in [2.45, 2.75) is 13.3 Å². The van der Waals surface area contributed by atoms with Gasteiger partial charge in [0.05, 0.1) is 6.33 Å². The number of nitrogens with one attached hydrogen (secondary N) is 3. The van der Waals surface area contributed by atoms with Gasteiger partial charge in [-0.3, -0.25) is 0 Å². The Kier molecular flexibility index (Phi) is 3.36. The highest BCUT2D eigenvalue weighted by Crippen LogP contribution is 2.20. The van der Waals surface area contributed by atoms with Gasteiger partial charge in [-0.1, -0.05) is 6.92 Å². The average molecular weight is 270 g/mol. The summed E-state index contributed by atoms with van der Waals surface area (Å²) in [7, 11) is 0. The van der Waals surface area contributed by atoms with Crippen LogP contribution in [0.25, 0.3) is 11.2 Å². The molecule has 3 aromatic rings. The molecule has 0 aromatic carbocycles. The maximum atomic E-state index is 4.44. The first-order valence-corrected chi connectivity index (χ1v) is 6.35. The van der Waals surface area contributed by atoms with E-state index in [9.17, 15) is 0 Å². The molecule has 0 aliphatic heterocycles. The lowest BCUT2D eigenvalue weighted by molar-refractivity contribution is 0.969. The summed E-state index contributed by atoms with van der Waals surface area (Å²) < 4.78 is 0. The molecule has 0 radical (unpaired) electrons. The van der Waals surface area contributed by atoms with Crippen LogP contribution in [0.15, 0.2) is 24.9 Å². The summed E-state index contributed by atoms with van der Waals surface area (Å²) in [4.78, 5) is 23.9. The van der Waals surface area contributed by atoms with E-state index in [0.717, 1.165) is 24.3 Å². The van der Waals surface area contributed by atoms with Crippen LogP contribution in [0.5, 0.6) is 0 Å². The summed E-state index contributed by atoms with van der Waals surface area (Å²) >= 11 is 0. The van der Waals surface area contributed by atoms with Crippen molar-refractivity contribution in [3.05, 3.63) is 24.9 Å². The lowest BCUT2D eigenvalue weighted by Gasteiger charge is -2.08. The molecule has 0 fully saturated rings. The minimum absolute atomic E-state index is 0.446. The number of imidazole rings is 1. The third kappa shape index (κ3) is 2.48. The molecule has 0 amide bonds. The Labute approximate surface area is 115 Å². The fourth-order valence-corrected chi connectivity index (χ4v) is 1.74. The zero-order valence-corrected chi connectivity index (χ0v) is 11.0. The summed E-state index contributed by atoms with van der Waals surface area (Å²) in [6.45, 7) is 2.93. The van der Waals surface area contributed by atoms with Crippen molar-refractivity contribution in [3.8, 4) is 0 Å². The van der Waals surface area contributed by atoms with Gasteiger partial charge in [0.2, 0.25) is 5.95 Å². The molecule has 3 aromatic heterocycles. The number of hydrogen-bond donors (Lipinski definition) is 3. The van der Waals surface area contributed by atoms with Crippen LogP contribution >= 0.6 is 0 Å². The van der Waals surface area contributed by atoms with E-state index < -0.39 is 0 Å². The van der Waals surface area contributed by atoms with Crippen molar-refractivity contribution < 1.29 is 0 Å². The highest BCUT2D eigenvalue weighted by atomic mass is 15.2. The SMILES string of the molecule is CCCNc1nc(Nc2ccncn2)nc2nc[nH]c12. The molecule has 0 spiro atoms. The van der Waals surface area contributed by atoms with Gasteiger partial charge in [-0.2, -0.15) is 9.97 Å². The van der Waals surface area contributed by atoms with Crippen LogP contribution in [0, 0.1) is 0 Å². The van der Waals surface area contributed by atoms with E-state index in [4.69, 9.17) is 0 Å². The van der Waals surface area contributed by atoms with Gasteiger partial charge in [0, 0.05) is 12.7 Å². The van der Waals surface area contributed by atoms with Gasteiger partial charge >= 0.3 is 0 Å². The molecule has 8 nitrogen and oxygen atoms in total. The van der Waals surface area contributed by atoms with Crippen molar-refractivity contribution in [2.24, 2.45) is 0 Å². The molecule has 0 atom stereocenters. The Morgan fingerprint density at radius 1 is 1.25 bits per heavy atom. The maximum absolute atomic E-state index is 4.44. The van der Waals surface area contributed by atoms with Gasteiger partial charge in [-0.05, 0) is 12.5 Å².